The number of sulfone groups is 1. The van der Waals surface area contributed by atoms with E-state index in [1.54, 1.807) is 0 Å². The Bertz CT molecular complexity index is 371. The Morgan fingerprint density at radius 1 is 1.38 bits per heavy atom. The minimum absolute atomic E-state index is 0.166. The molecule has 0 N–H and O–H groups in total. The summed E-state index contributed by atoms with van der Waals surface area (Å²) in [4.78, 5) is 0. The summed E-state index contributed by atoms with van der Waals surface area (Å²) in [6.07, 6.45) is 2.12. The molecule has 0 heterocycles. The molecule has 13 heavy (non-hydrogen) atoms. The van der Waals surface area contributed by atoms with Crippen molar-refractivity contribution >= 4 is 9.84 Å². The van der Waals surface area contributed by atoms with E-state index in [0.717, 1.165) is 6.26 Å². The van der Waals surface area contributed by atoms with Gasteiger partial charge in [0.15, 0.2) is 0 Å². The molecule has 1 saturated carbocycles. The Balaban J connectivity index is 2.89. The lowest BCUT2D eigenvalue weighted by Crippen LogP contribution is -2.19. The van der Waals surface area contributed by atoms with E-state index < -0.39 is 20.5 Å². The quantitative estimate of drug-likeness (QED) is 0.618. The maximum Gasteiger partial charge on any atom is 0.150 e. The molecule has 5 heteroatoms. The molecule has 1 rings (SSSR count). The number of hydrogen-bond donors (Lipinski definition) is 0. The molecule has 1 aliphatic carbocycles. The average Bonchev–Trinajstić information content (AvgIpc) is 2.48. The molecule has 0 spiro atoms. The Hall–Kier alpha value is -1.07. The van der Waals surface area contributed by atoms with Gasteiger partial charge in [0.05, 0.1) is 17.4 Å². The third-order valence-corrected chi connectivity index (χ3v) is 4.12. The molecule has 0 bridgehead atoms. The molecule has 0 saturated heterocycles. The van der Waals surface area contributed by atoms with Gasteiger partial charge in [-0.3, -0.25) is 0 Å². The molecule has 1 atom stereocenters. The molecule has 0 aromatic heterocycles. The van der Waals surface area contributed by atoms with Crippen molar-refractivity contribution in [1.29, 1.82) is 10.5 Å². The van der Waals surface area contributed by atoms with E-state index >= 15 is 0 Å². The lowest BCUT2D eigenvalue weighted by Gasteiger charge is -2.09. The van der Waals surface area contributed by atoms with Crippen molar-refractivity contribution in [3.63, 3.8) is 0 Å². The van der Waals surface area contributed by atoms with Crippen molar-refractivity contribution in [1.82, 2.24) is 0 Å². The molecule has 1 aliphatic rings. The Morgan fingerprint density at radius 3 is 2.15 bits per heavy atom. The summed E-state index contributed by atoms with van der Waals surface area (Å²) in [6.45, 7) is 0. The maximum absolute atomic E-state index is 11.1. The van der Waals surface area contributed by atoms with Crippen molar-refractivity contribution in [2.75, 3.05) is 6.26 Å². The maximum atomic E-state index is 11.1. The van der Waals surface area contributed by atoms with E-state index in [2.05, 4.69) is 0 Å². The highest BCUT2D eigenvalue weighted by atomic mass is 32.2. The van der Waals surface area contributed by atoms with E-state index in [0.29, 0.717) is 12.8 Å². The summed E-state index contributed by atoms with van der Waals surface area (Å²) in [6, 6.07) is 3.81. The summed E-state index contributed by atoms with van der Waals surface area (Å²) in [5, 5.41) is 17.0. The summed E-state index contributed by atoms with van der Waals surface area (Å²) in [5.41, 5.74) is -1.06. The molecule has 0 amide bonds. The zero-order chi connectivity index (χ0) is 10.1. The summed E-state index contributed by atoms with van der Waals surface area (Å²) in [5.74, 6) is 0. The predicted octanol–water partition coefficient (Wildman–Crippen LogP) is 0.617. The predicted molar refractivity (Wildman–Crippen MR) is 46.1 cm³/mol. The van der Waals surface area contributed by atoms with Crippen molar-refractivity contribution in [2.24, 2.45) is 5.41 Å². The van der Waals surface area contributed by atoms with Gasteiger partial charge in [0.2, 0.25) is 0 Å². The first kappa shape index (κ1) is 10.0. The first-order chi connectivity index (χ1) is 5.93. The molecule has 0 radical (unpaired) electrons. The van der Waals surface area contributed by atoms with Crippen LogP contribution >= 0.6 is 0 Å². The second-order valence-electron chi connectivity index (χ2n) is 3.50. The van der Waals surface area contributed by atoms with Crippen molar-refractivity contribution in [3.8, 4) is 12.1 Å². The van der Waals surface area contributed by atoms with Gasteiger partial charge in [-0.25, -0.2) is 8.42 Å². The van der Waals surface area contributed by atoms with Crippen LogP contribution in [0.1, 0.15) is 19.3 Å². The normalized spacial score (nSPS) is 26.2. The highest BCUT2D eigenvalue weighted by Crippen LogP contribution is 2.39. The van der Waals surface area contributed by atoms with Gasteiger partial charge in [0, 0.05) is 6.26 Å². The van der Waals surface area contributed by atoms with E-state index in [4.69, 9.17) is 10.5 Å². The van der Waals surface area contributed by atoms with Gasteiger partial charge < -0.3 is 0 Å². The molecule has 0 aromatic carbocycles. The van der Waals surface area contributed by atoms with Crippen molar-refractivity contribution in [2.45, 2.75) is 24.5 Å². The Kier molecular flexibility index (Phi) is 2.32. The van der Waals surface area contributed by atoms with Crippen LogP contribution in [0.5, 0.6) is 0 Å². The lowest BCUT2D eigenvalue weighted by atomic mass is 9.90. The molecule has 1 unspecified atom stereocenters. The molecular weight excluding hydrogens is 188 g/mol. The fourth-order valence-electron chi connectivity index (χ4n) is 1.59. The second-order valence-corrected chi connectivity index (χ2v) is 5.83. The van der Waals surface area contributed by atoms with Crippen molar-refractivity contribution < 1.29 is 8.42 Å². The smallest absolute Gasteiger partial charge is 0.150 e. The van der Waals surface area contributed by atoms with Crippen LogP contribution in [0.15, 0.2) is 0 Å². The number of nitriles is 2. The third kappa shape index (κ3) is 1.81. The van der Waals surface area contributed by atoms with Crippen LogP contribution in [0.4, 0.5) is 0 Å². The molecule has 0 aliphatic heterocycles. The monoisotopic (exact) mass is 198 g/mol. The Morgan fingerprint density at radius 2 is 1.92 bits per heavy atom. The molecule has 1 fully saturated rings. The van der Waals surface area contributed by atoms with Crippen LogP contribution in [-0.2, 0) is 9.84 Å². The molecule has 70 valence electrons. The zero-order valence-electron chi connectivity index (χ0n) is 7.32. The molecular formula is C8H10N2O2S. The fraction of sp³-hybridized carbons (Fsp3) is 0.750. The van der Waals surface area contributed by atoms with Gasteiger partial charge in [-0.15, -0.1) is 0 Å². The number of hydrogen-bond acceptors (Lipinski definition) is 4. The standard InChI is InChI=1S/C8H10N2O2S/c1-13(11,12)7-2-3-8(4-7,5-9)6-10/h7H,2-4H2,1H3. The third-order valence-electron chi connectivity index (χ3n) is 2.50. The van der Waals surface area contributed by atoms with E-state index in [-0.39, 0.29) is 6.42 Å². The van der Waals surface area contributed by atoms with Gasteiger partial charge in [-0.2, -0.15) is 10.5 Å². The Labute approximate surface area is 77.7 Å². The topological polar surface area (TPSA) is 81.7 Å². The SMILES string of the molecule is CS(=O)(=O)C1CCC(C#N)(C#N)C1. The van der Waals surface area contributed by atoms with Gasteiger partial charge in [-0.05, 0) is 19.3 Å². The minimum Gasteiger partial charge on any atom is -0.229 e. The van der Waals surface area contributed by atoms with Crippen LogP contribution < -0.4 is 0 Å². The van der Waals surface area contributed by atoms with Crippen LogP contribution in [-0.4, -0.2) is 19.9 Å². The number of rotatable bonds is 1. The zero-order valence-corrected chi connectivity index (χ0v) is 8.13. The van der Waals surface area contributed by atoms with Crippen LogP contribution in [0.25, 0.3) is 0 Å². The average molecular weight is 198 g/mol. The van der Waals surface area contributed by atoms with E-state index in [9.17, 15) is 8.42 Å². The minimum atomic E-state index is -3.10. The van der Waals surface area contributed by atoms with Gasteiger partial charge in [0.25, 0.3) is 0 Å². The molecule has 4 nitrogen and oxygen atoms in total. The summed E-state index contributed by atoms with van der Waals surface area (Å²) < 4.78 is 22.3. The first-order valence-electron chi connectivity index (χ1n) is 3.95. The highest BCUT2D eigenvalue weighted by Gasteiger charge is 2.43. The van der Waals surface area contributed by atoms with Gasteiger partial charge in [0.1, 0.15) is 15.3 Å². The van der Waals surface area contributed by atoms with Crippen molar-refractivity contribution in [3.05, 3.63) is 0 Å². The van der Waals surface area contributed by atoms with Gasteiger partial charge >= 0.3 is 0 Å². The first-order valence-corrected chi connectivity index (χ1v) is 5.90. The van der Waals surface area contributed by atoms with Gasteiger partial charge in [-0.1, -0.05) is 0 Å². The van der Waals surface area contributed by atoms with Crippen LogP contribution in [0, 0.1) is 28.1 Å². The molecule has 0 aromatic rings. The van der Waals surface area contributed by atoms with E-state index in [1.165, 1.54) is 0 Å². The lowest BCUT2D eigenvalue weighted by molar-refractivity contribution is 0.539. The second kappa shape index (κ2) is 3.01. The highest BCUT2D eigenvalue weighted by molar-refractivity contribution is 7.91. The number of nitrogens with zero attached hydrogens (tertiary/aromatic N) is 2. The summed E-state index contributed by atoms with van der Waals surface area (Å²) >= 11 is 0. The van der Waals surface area contributed by atoms with Crippen LogP contribution in [0.2, 0.25) is 0 Å². The fourth-order valence-corrected chi connectivity index (χ4v) is 2.73. The largest absolute Gasteiger partial charge is 0.229 e. The summed E-state index contributed by atoms with van der Waals surface area (Å²) in [7, 11) is -3.10. The van der Waals surface area contributed by atoms with E-state index in [1.807, 2.05) is 12.1 Å². The van der Waals surface area contributed by atoms with Crippen LogP contribution in [0.3, 0.4) is 0 Å².